The average molecular weight is 383 g/mol. The molecule has 0 aliphatic rings. The Hall–Kier alpha value is -3.22. The van der Waals surface area contributed by atoms with Gasteiger partial charge in [-0.1, -0.05) is 26.8 Å². The number of imidazole rings is 1. The van der Waals surface area contributed by atoms with Crippen LogP contribution < -0.4 is 19.5 Å². The molecule has 2 aromatic heterocycles. The molecular formula is C21H25N3O4. The number of benzene rings is 1. The molecule has 0 aliphatic carbocycles. The molecule has 1 amide bonds. The molecule has 3 rings (SSSR count). The van der Waals surface area contributed by atoms with Gasteiger partial charge in [0, 0.05) is 29.4 Å². The molecule has 0 saturated heterocycles. The number of aromatic nitrogens is 2. The predicted molar refractivity (Wildman–Crippen MR) is 108 cm³/mol. The van der Waals surface area contributed by atoms with Crippen molar-refractivity contribution in [2.75, 3.05) is 26.6 Å². The van der Waals surface area contributed by atoms with Crippen LogP contribution in [-0.2, 0) is 5.41 Å². The smallest absolute Gasteiger partial charge is 0.276 e. The monoisotopic (exact) mass is 383 g/mol. The number of rotatable bonds is 5. The summed E-state index contributed by atoms with van der Waals surface area (Å²) < 4.78 is 18.0. The molecule has 28 heavy (non-hydrogen) atoms. The number of nitrogens with one attached hydrogen (secondary N) is 1. The topological polar surface area (TPSA) is 74.1 Å². The molecule has 2 heterocycles. The minimum Gasteiger partial charge on any atom is -0.493 e. The van der Waals surface area contributed by atoms with Gasteiger partial charge < -0.3 is 23.9 Å². The number of nitrogens with zero attached hydrogens (tertiary/aromatic N) is 2. The molecule has 7 heteroatoms. The first-order valence-electron chi connectivity index (χ1n) is 8.89. The summed E-state index contributed by atoms with van der Waals surface area (Å²) in [5, 5.41) is 2.89. The maximum atomic E-state index is 13.0. The number of anilines is 1. The Balaban J connectivity index is 2.03. The Morgan fingerprint density at radius 3 is 2.21 bits per heavy atom. The summed E-state index contributed by atoms with van der Waals surface area (Å²) in [6, 6.07) is 9.06. The third-order valence-electron chi connectivity index (χ3n) is 4.36. The maximum absolute atomic E-state index is 13.0. The van der Waals surface area contributed by atoms with Crippen LogP contribution in [0.15, 0.2) is 36.5 Å². The van der Waals surface area contributed by atoms with E-state index in [-0.39, 0.29) is 11.3 Å². The second-order valence-electron chi connectivity index (χ2n) is 7.36. The van der Waals surface area contributed by atoms with E-state index in [0.29, 0.717) is 28.6 Å². The minimum absolute atomic E-state index is 0.213. The van der Waals surface area contributed by atoms with Gasteiger partial charge in [0.1, 0.15) is 5.82 Å². The van der Waals surface area contributed by atoms with E-state index in [1.165, 1.54) is 21.3 Å². The fraction of sp³-hybridized carbons (Fsp3) is 0.333. The maximum Gasteiger partial charge on any atom is 0.276 e. The van der Waals surface area contributed by atoms with Crippen LogP contribution in [0.3, 0.4) is 0 Å². The summed E-state index contributed by atoms with van der Waals surface area (Å²) in [4.78, 5) is 17.7. The molecule has 0 unspecified atom stereocenters. The summed E-state index contributed by atoms with van der Waals surface area (Å²) in [6.07, 6.45) is 1.92. The Morgan fingerprint density at radius 2 is 1.68 bits per heavy atom. The normalized spacial score (nSPS) is 11.4. The van der Waals surface area contributed by atoms with Crippen molar-refractivity contribution in [1.29, 1.82) is 0 Å². The zero-order valence-corrected chi connectivity index (χ0v) is 17.0. The lowest BCUT2D eigenvalue weighted by atomic mass is 9.96. The van der Waals surface area contributed by atoms with Crippen LogP contribution in [0.25, 0.3) is 5.52 Å². The highest BCUT2D eigenvalue weighted by atomic mass is 16.5. The van der Waals surface area contributed by atoms with Gasteiger partial charge in [0.05, 0.1) is 26.8 Å². The number of carbonyl (C=O) groups excluding carboxylic acids is 1. The Morgan fingerprint density at radius 1 is 1.04 bits per heavy atom. The van der Waals surface area contributed by atoms with Crippen LogP contribution in [0.5, 0.6) is 17.2 Å². The minimum atomic E-state index is -0.312. The van der Waals surface area contributed by atoms with E-state index in [0.717, 1.165) is 11.3 Å². The standard InChI is InChI=1S/C21H25N3O4/c1-21(2,3)20-23-17(14-9-7-8-10-24(14)20)19(25)22-13-11-15(26-4)18(28-6)16(12-13)27-5/h7-12H,1-6H3,(H,22,25). The van der Waals surface area contributed by atoms with Crippen molar-refractivity contribution < 1.29 is 19.0 Å². The number of pyridine rings is 1. The fourth-order valence-corrected chi connectivity index (χ4v) is 3.08. The average Bonchev–Trinajstić information content (AvgIpc) is 3.07. The summed E-state index contributed by atoms with van der Waals surface area (Å²) in [5.41, 5.74) is 1.42. The second-order valence-corrected chi connectivity index (χ2v) is 7.36. The number of amides is 1. The van der Waals surface area contributed by atoms with Crippen molar-refractivity contribution in [2.24, 2.45) is 0 Å². The Bertz CT molecular complexity index is 993. The zero-order chi connectivity index (χ0) is 20.5. The van der Waals surface area contributed by atoms with E-state index in [9.17, 15) is 4.79 Å². The molecule has 3 aromatic rings. The van der Waals surface area contributed by atoms with Gasteiger partial charge in [0.2, 0.25) is 5.75 Å². The van der Waals surface area contributed by atoms with Crippen LogP contribution in [0.4, 0.5) is 5.69 Å². The van der Waals surface area contributed by atoms with Gasteiger partial charge >= 0.3 is 0 Å². The molecule has 1 aromatic carbocycles. The van der Waals surface area contributed by atoms with Crippen molar-refractivity contribution in [3.63, 3.8) is 0 Å². The Labute approximate surface area is 164 Å². The summed E-state index contributed by atoms with van der Waals surface area (Å²) in [5.74, 6) is 1.89. The van der Waals surface area contributed by atoms with Gasteiger partial charge in [0.25, 0.3) is 5.91 Å². The van der Waals surface area contributed by atoms with Gasteiger partial charge in [-0.3, -0.25) is 4.79 Å². The first-order chi connectivity index (χ1) is 13.3. The van der Waals surface area contributed by atoms with E-state index < -0.39 is 0 Å². The number of carbonyl (C=O) groups is 1. The van der Waals surface area contributed by atoms with Crippen LogP contribution in [0.2, 0.25) is 0 Å². The predicted octanol–water partition coefficient (Wildman–Crippen LogP) is 3.91. The molecule has 0 radical (unpaired) electrons. The van der Waals surface area contributed by atoms with E-state index in [1.54, 1.807) is 12.1 Å². The van der Waals surface area contributed by atoms with E-state index >= 15 is 0 Å². The lowest BCUT2D eigenvalue weighted by Crippen LogP contribution is -2.17. The molecule has 1 N–H and O–H groups in total. The highest BCUT2D eigenvalue weighted by molar-refractivity contribution is 6.07. The van der Waals surface area contributed by atoms with Gasteiger partial charge in [0.15, 0.2) is 17.2 Å². The first kappa shape index (κ1) is 19.5. The molecule has 148 valence electrons. The van der Waals surface area contributed by atoms with Crippen molar-refractivity contribution in [3.05, 3.63) is 48.0 Å². The lowest BCUT2D eigenvalue weighted by Gasteiger charge is -2.16. The SMILES string of the molecule is COc1cc(NC(=O)c2nc(C(C)(C)C)n3ccccc23)cc(OC)c1OC. The summed E-state index contributed by atoms with van der Waals surface area (Å²) in [6.45, 7) is 6.20. The van der Waals surface area contributed by atoms with Crippen LogP contribution >= 0.6 is 0 Å². The second kappa shape index (κ2) is 7.42. The first-order valence-corrected chi connectivity index (χ1v) is 8.89. The quantitative estimate of drug-likeness (QED) is 0.723. The van der Waals surface area contributed by atoms with Crippen molar-refractivity contribution in [1.82, 2.24) is 9.38 Å². The Kier molecular flexibility index (Phi) is 5.18. The molecule has 0 atom stereocenters. The van der Waals surface area contributed by atoms with Gasteiger partial charge in [-0.25, -0.2) is 4.98 Å². The largest absolute Gasteiger partial charge is 0.493 e. The molecule has 7 nitrogen and oxygen atoms in total. The molecule has 0 fully saturated rings. The summed E-state index contributed by atoms with van der Waals surface area (Å²) in [7, 11) is 4.59. The van der Waals surface area contributed by atoms with Crippen LogP contribution in [0.1, 0.15) is 37.1 Å². The van der Waals surface area contributed by atoms with E-state index in [2.05, 4.69) is 31.1 Å². The highest BCUT2D eigenvalue weighted by Gasteiger charge is 2.25. The number of ether oxygens (including phenoxy) is 3. The van der Waals surface area contributed by atoms with E-state index in [4.69, 9.17) is 14.2 Å². The van der Waals surface area contributed by atoms with Gasteiger partial charge in [-0.15, -0.1) is 0 Å². The molecule has 0 saturated carbocycles. The molecule has 0 aliphatic heterocycles. The molecular weight excluding hydrogens is 358 g/mol. The van der Waals surface area contributed by atoms with Gasteiger partial charge in [-0.05, 0) is 12.1 Å². The fourth-order valence-electron chi connectivity index (χ4n) is 3.08. The number of methoxy groups -OCH3 is 3. The van der Waals surface area contributed by atoms with Crippen molar-refractivity contribution in [3.8, 4) is 17.2 Å². The zero-order valence-electron chi connectivity index (χ0n) is 17.0. The molecule has 0 spiro atoms. The van der Waals surface area contributed by atoms with Crippen LogP contribution in [-0.4, -0.2) is 36.6 Å². The van der Waals surface area contributed by atoms with E-state index in [1.807, 2.05) is 28.8 Å². The van der Waals surface area contributed by atoms with Crippen LogP contribution in [0, 0.1) is 0 Å². The number of hydrogen-bond donors (Lipinski definition) is 1. The number of hydrogen-bond acceptors (Lipinski definition) is 5. The van der Waals surface area contributed by atoms with Crippen molar-refractivity contribution in [2.45, 2.75) is 26.2 Å². The number of fused-ring (bicyclic) bond motifs is 1. The highest BCUT2D eigenvalue weighted by Crippen LogP contribution is 2.40. The van der Waals surface area contributed by atoms with Crippen molar-refractivity contribution >= 4 is 17.1 Å². The summed E-state index contributed by atoms with van der Waals surface area (Å²) >= 11 is 0. The third-order valence-corrected chi connectivity index (χ3v) is 4.36. The van der Waals surface area contributed by atoms with Gasteiger partial charge in [-0.2, -0.15) is 0 Å². The third kappa shape index (κ3) is 3.47. The lowest BCUT2D eigenvalue weighted by molar-refractivity contribution is 0.102. The molecule has 0 bridgehead atoms.